The Kier molecular flexibility index (Phi) is 39.8. The standard InChI is InChI=1S/C21H26O3.C20H20ClFO3.C20H22O3.C19H18O3S.C17H14FNO3S.C16H15ClO3/c1-4-21(23,5-2)19(18-13-11-16(3)12-14-18)20(22)24-15-17-9-7-6-8-10-17;21-16-8-5-7-14(12-16)18(20(24)10-3-4-11-20)19(23)25-13-15-6-1-2-9-17(15)22;1-14-7-9-16(10-8-14)18(19(21)17-11-12-17)20(22)23-13-15-5-3-2-4-6-15;1-19(2,21)17(13-8-4-3-5-9-13)18(20)22-15-12-23-16-11-7-6-10-14(15)16;1-10(20)16(11-2-4-12(18)5-3-11)17(21)22-14-9-23-15-6-7-19-8-13(14)15;17-14-8-6-13(7-9-14)15(10-18)16(19)20-11-12-4-2-1-3-5-12/h6-14,19,23H,4-5,15H2,1-3H3;1-2,5-9,12,18,24H,3-4,10-11,13H2;2-10,17-19,21H,11-13H2,1H3;3-12,17,21H,1-2H3;2-10,16,20H,1H3;1-9,15,18H,10-11H2/t;;;;;15-/m.....1/s1. The first-order valence-corrected chi connectivity index (χ1v) is 48.2. The van der Waals surface area contributed by atoms with Crippen LogP contribution in [0.3, 0.4) is 0 Å². The van der Waals surface area contributed by atoms with Crippen LogP contribution in [-0.2, 0) is 74.1 Å². The minimum Gasteiger partial charge on any atom is -0.460 e. The van der Waals surface area contributed by atoms with E-state index in [1.807, 2.05) is 233 Å². The number of carbonyl (C=O) groups is 6. The molecule has 0 radical (unpaired) electrons. The lowest BCUT2D eigenvalue weighted by atomic mass is 9.78. The molecule has 11 aromatic carbocycles. The van der Waals surface area contributed by atoms with E-state index in [-0.39, 0.29) is 50.9 Å². The Bertz CT molecular complexity index is 6200. The lowest BCUT2D eigenvalue weighted by molar-refractivity contribution is -0.155. The van der Waals surface area contributed by atoms with Crippen LogP contribution in [0.1, 0.15) is 188 Å². The molecule has 2 aliphatic carbocycles. The first-order valence-electron chi connectivity index (χ1n) is 45.7. The van der Waals surface area contributed by atoms with Gasteiger partial charge in [-0.25, -0.2) is 8.78 Å². The number of fused-ring (bicyclic) bond motifs is 2. The molecule has 25 heteroatoms. The fourth-order valence-electron chi connectivity index (χ4n) is 16.0. The molecule has 14 aromatic rings. The summed E-state index contributed by atoms with van der Waals surface area (Å²) >= 11 is 14.8. The molecule has 8 atom stereocenters. The summed E-state index contributed by atoms with van der Waals surface area (Å²) in [5, 5.41) is 68.6. The number of carbonyl (C=O) groups excluding carboxylic acids is 6. The Hall–Kier alpha value is -12.5. The van der Waals surface area contributed by atoms with Crippen molar-refractivity contribution in [2.24, 2.45) is 5.92 Å². The second-order valence-electron chi connectivity index (χ2n) is 34.6. The van der Waals surface area contributed by atoms with Gasteiger partial charge in [0, 0.05) is 53.5 Å². The highest BCUT2D eigenvalue weighted by Gasteiger charge is 2.47. The number of benzene rings is 11. The number of aryl methyl sites for hydroxylation is 2. The van der Waals surface area contributed by atoms with Crippen LogP contribution < -0.4 is 9.47 Å². The number of hydrogen-bond acceptors (Lipinski definition) is 21. The van der Waals surface area contributed by atoms with Crippen LogP contribution in [0, 0.1) is 31.4 Å². The van der Waals surface area contributed by atoms with Gasteiger partial charge in [-0.15, -0.1) is 22.7 Å². The number of aromatic nitrogens is 1. The summed E-state index contributed by atoms with van der Waals surface area (Å²) in [5.74, 6) is -6.87. The highest BCUT2D eigenvalue weighted by molar-refractivity contribution is 7.18. The summed E-state index contributed by atoms with van der Waals surface area (Å²) in [4.78, 5) is 79.4. The fraction of sp³-hybridized carbons (Fsp3) is 0.283. The van der Waals surface area contributed by atoms with Gasteiger partial charge in [0.2, 0.25) is 0 Å². The molecule has 0 amide bonds. The number of halogens is 4. The number of hydrogen-bond donors (Lipinski definition) is 6. The number of rotatable bonds is 31. The molecular formula is C113H115Cl2F2NO18S2. The molecule has 720 valence electrons. The third-order valence-electron chi connectivity index (χ3n) is 24.0. The smallest absolute Gasteiger partial charge is 0.321 e. The quantitative estimate of drug-likeness (QED) is 0.0174. The average Bonchev–Trinajstić information content (AvgIpc) is 1.18. The van der Waals surface area contributed by atoms with Crippen molar-refractivity contribution < 1.29 is 96.6 Å². The van der Waals surface area contributed by atoms with E-state index in [2.05, 4.69) is 4.98 Å². The molecule has 138 heavy (non-hydrogen) atoms. The Morgan fingerprint density at radius 1 is 0.471 bits per heavy atom. The summed E-state index contributed by atoms with van der Waals surface area (Å²) < 4.78 is 61.5. The SMILES string of the molecule is CC(C)(O)C(C(=O)Oc1csc2ccccc12)c1ccccc1.CC(O)C(C(=O)Oc1csc2ccncc12)c1ccc(F)cc1.CCC(O)(CC)C(C(=O)OCc1ccccc1)c1ccc(C)cc1.Cc1ccc(C(C(=O)OCc2ccccc2)C(O)C2CC2)cc1.O=C(OCc1ccccc1)[C@H](CO)c1ccc(Cl)cc1.O=C(OCc1ccccc1F)C(c1cccc(Cl)c1)C1(O)CCCC1. The molecule has 7 unspecified atom stereocenters. The van der Waals surface area contributed by atoms with E-state index in [4.69, 9.17) is 51.6 Å². The van der Waals surface area contributed by atoms with E-state index in [9.17, 15) is 68.2 Å². The van der Waals surface area contributed by atoms with Crippen LogP contribution >= 0.6 is 45.9 Å². The van der Waals surface area contributed by atoms with Gasteiger partial charge in [-0.3, -0.25) is 33.8 Å². The molecule has 0 bridgehead atoms. The zero-order valence-electron chi connectivity index (χ0n) is 77.8. The Morgan fingerprint density at radius 2 is 0.928 bits per heavy atom. The molecule has 3 heterocycles. The monoisotopic (exact) mass is 1950 g/mol. The van der Waals surface area contributed by atoms with E-state index in [0.717, 1.165) is 90.4 Å². The summed E-state index contributed by atoms with van der Waals surface area (Å²) in [6.45, 7) is 12.7. The maximum atomic E-state index is 13.7. The second-order valence-corrected chi connectivity index (χ2v) is 37.3. The molecule has 2 saturated carbocycles. The largest absolute Gasteiger partial charge is 0.460 e. The predicted octanol–water partition coefficient (Wildman–Crippen LogP) is 23.6. The highest BCUT2D eigenvalue weighted by Crippen LogP contribution is 2.45. The van der Waals surface area contributed by atoms with E-state index < -0.39 is 100 Å². The molecular weight excluding hydrogens is 1830 g/mol. The van der Waals surface area contributed by atoms with Gasteiger partial charge >= 0.3 is 35.8 Å². The van der Waals surface area contributed by atoms with Crippen molar-refractivity contribution in [3.05, 3.63) is 409 Å². The summed E-state index contributed by atoms with van der Waals surface area (Å²) in [6, 6.07) is 88.2. The van der Waals surface area contributed by atoms with Crippen molar-refractivity contribution in [2.45, 2.75) is 191 Å². The predicted molar refractivity (Wildman–Crippen MR) is 535 cm³/mol. The van der Waals surface area contributed by atoms with Crippen molar-refractivity contribution in [3.8, 4) is 11.5 Å². The van der Waals surface area contributed by atoms with Gasteiger partial charge in [-0.05, 0) is 190 Å². The highest BCUT2D eigenvalue weighted by atomic mass is 35.5. The molecule has 19 nitrogen and oxygen atoms in total. The van der Waals surface area contributed by atoms with Gasteiger partial charge in [0.25, 0.3) is 0 Å². The van der Waals surface area contributed by atoms with Gasteiger partial charge in [-0.1, -0.05) is 298 Å². The van der Waals surface area contributed by atoms with Crippen molar-refractivity contribution in [1.82, 2.24) is 4.98 Å². The van der Waals surface area contributed by atoms with E-state index >= 15 is 0 Å². The van der Waals surface area contributed by atoms with Gasteiger partial charge in [0.15, 0.2) is 5.75 Å². The van der Waals surface area contributed by atoms with Crippen LogP contribution in [0.5, 0.6) is 11.5 Å². The number of ether oxygens (including phenoxy) is 6. The number of nitrogens with zero attached hydrogens (tertiary/aromatic N) is 1. The topological polar surface area (TPSA) is 292 Å². The van der Waals surface area contributed by atoms with Gasteiger partial charge < -0.3 is 59.1 Å². The molecule has 0 saturated heterocycles. The van der Waals surface area contributed by atoms with Gasteiger partial charge in [0.05, 0.1) is 41.0 Å². The fourth-order valence-corrected chi connectivity index (χ4v) is 18.1. The normalized spacial score (nSPS) is 14.3. The zero-order chi connectivity index (χ0) is 98.9. The molecule has 2 fully saturated rings. The summed E-state index contributed by atoms with van der Waals surface area (Å²) in [6.07, 6.45) is 7.37. The Labute approximate surface area is 821 Å². The number of pyridine rings is 1. The van der Waals surface area contributed by atoms with Crippen LogP contribution in [0.25, 0.3) is 20.2 Å². The first kappa shape index (κ1) is 106. The lowest BCUT2D eigenvalue weighted by Crippen LogP contribution is -2.40. The third-order valence-corrected chi connectivity index (χ3v) is 26.3. The average molecular weight is 1950 g/mol. The lowest BCUT2D eigenvalue weighted by Gasteiger charge is -2.33. The minimum absolute atomic E-state index is 0.168. The third kappa shape index (κ3) is 30.5. The maximum Gasteiger partial charge on any atom is 0.321 e. The molecule has 0 spiro atoms. The molecule has 6 N–H and O–H groups in total. The maximum absolute atomic E-state index is 13.7. The molecule has 0 aliphatic heterocycles. The van der Waals surface area contributed by atoms with Crippen molar-refractivity contribution in [2.75, 3.05) is 6.61 Å². The van der Waals surface area contributed by atoms with E-state index in [0.29, 0.717) is 69.5 Å². The summed E-state index contributed by atoms with van der Waals surface area (Å²) in [5.41, 5.74) is 6.04. The number of aliphatic hydroxyl groups is 6. The summed E-state index contributed by atoms with van der Waals surface area (Å²) in [7, 11) is 0. The number of thiophene rings is 2. The molecule has 3 aromatic heterocycles. The first-order chi connectivity index (χ1) is 66.4. The van der Waals surface area contributed by atoms with Crippen LogP contribution in [0.4, 0.5) is 8.78 Å². The molecule has 2 aliphatic rings. The van der Waals surface area contributed by atoms with E-state index in [1.165, 1.54) is 59.9 Å². The van der Waals surface area contributed by atoms with Gasteiger partial charge in [0.1, 0.15) is 79.3 Å². The van der Waals surface area contributed by atoms with E-state index in [1.54, 1.807) is 98.4 Å². The molecule has 16 rings (SSSR count). The second kappa shape index (κ2) is 51.8. The zero-order valence-corrected chi connectivity index (χ0v) is 81.0. The Balaban J connectivity index is 0.000000159. The number of esters is 6. The van der Waals surface area contributed by atoms with Gasteiger partial charge in [-0.2, -0.15) is 0 Å². The van der Waals surface area contributed by atoms with Crippen molar-refractivity contribution in [1.29, 1.82) is 0 Å². The van der Waals surface area contributed by atoms with Crippen LogP contribution in [0.2, 0.25) is 10.0 Å². The van der Waals surface area contributed by atoms with Crippen LogP contribution in [0.15, 0.2) is 320 Å². The number of aliphatic hydroxyl groups excluding tert-OH is 3. The Morgan fingerprint density at radius 3 is 1.46 bits per heavy atom. The van der Waals surface area contributed by atoms with Crippen molar-refractivity contribution >= 4 is 102 Å². The van der Waals surface area contributed by atoms with Crippen molar-refractivity contribution in [3.63, 3.8) is 0 Å². The van der Waals surface area contributed by atoms with Crippen LogP contribution in [-0.4, -0.2) is 107 Å². The minimum atomic E-state index is -1.22.